The summed E-state index contributed by atoms with van der Waals surface area (Å²) in [5.74, 6) is 0. The first-order chi connectivity index (χ1) is 22.9. The van der Waals surface area contributed by atoms with Gasteiger partial charge in [-0.2, -0.15) is 0 Å². The van der Waals surface area contributed by atoms with E-state index in [1.807, 2.05) is 0 Å². The fraction of sp³-hybridized carbons (Fsp3) is 0.227. The Morgan fingerprint density at radius 3 is 1.50 bits per heavy atom. The average molecular weight is 595 g/mol. The molecule has 224 valence electrons. The summed E-state index contributed by atoms with van der Waals surface area (Å²) in [6.45, 7) is 4.61. The zero-order valence-corrected chi connectivity index (χ0v) is 26.4. The molecule has 0 amide bonds. The van der Waals surface area contributed by atoms with E-state index < -0.39 is 0 Å². The largest absolute Gasteiger partial charge is 0.371 e. The number of piperidine rings is 2. The lowest BCUT2D eigenvalue weighted by atomic mass is 9.82. The van der Waals surface area contributed by atoms with E-state index in [1.54, 1.807) is 0 Å². The molecule has 0 spiro atoms. The zero-order valence-electron chi connectivity index (χ0n) is 26.4. The number of hydrogen-bond acceptors (Lipinski definition) is 2. The van der Waals surface area contributed by atoms with Gasteiger partial charge in [-0.25, -0.2) is 0 Å². The third-order valence-corrected chi connectivity index (χ3v) is 11.2. The predicted molar refractivity (Wildman–Crippen MR) is 200 cm³/mol. The van der Waals surface area contributed by atoms with Crippen LogP contribution in [-0.4, -0.2) is 26.2 Å². The number of fused-ring (bicyclic) bond motifs is 5. The molecule has 46 heavy (non-hydrogen) atoms. The summed E-state index contributed by atoms with van der Waals surface area (Å²) in [5, 5.41) is 16.5. The van der Waals surface area contributed by atoms with Gasteiger partial charge < -0.3 is 9.80 Å². The lowest BCUT2D eigenvalue weighted by molar-refractivity contribution is 0.579. The molecule has 2 heterocycles. The Hall–Kier alpha value is -4.82. The molecule has 0 aliphatic carbocycles. The average Bonchev–Trinajstić information content (AvgIpc) is 3.13. The van der Waals surface area contributed by atoms with E-state index in [0.717, 1.165) is 26.2 Å². The Morgan fingerprint density at radius 1 is 0.304 bits per heavy atom. The molecule has 10 rings (SSSR count). The van der Waals surface area contributed by atoms with Gasteiger partial charge in [0.2, 0.25) is 0 Å². The second kappa shape index (κ2) is 10.4. The molecule has 2 heteroatoms. The predicted octanol–water partition coefficient (Wildman–Crippen LogP) is 11.7. The molecule has 8 aromatic rings. The fourth-order valence-electron chi connectivity index (χ4n) is 9.17. The van der Waals surface area contributed by atoms with E-state index >= 15 is 0 Å². The summed E-state index contributed by atoms with van der Waals surface area (Å²) < 4.78 is 0. The van der Waals surface area contributed by atoms with Crippen LogP contribution in [0.15, 0.2) is 109 Å². The Balaban J connectivity index is 1.33. The molecule has 0 unspecified atom stereocenters. The van der Waals surface area contributed by atoms with Gasteiger partial charge >= 0.3 is 0 Å². The number of nitrogens with zero attached hydrogens (tertiary/aromatic N) is 2. The molecule has 2 saturated heterocycles. The summed E-state index contributed by atoms with van der Waals surface area (Å²) in [6, 6.07) is 42.0. The third-order valence-electron chi connectivity index (χ3n) is 11.2. The van der Waals surface area contributed by atoms with Crippen LogP contribution < -0.4 is 9.80 Å². The van der Waals surface area contributed by atoms with Crippen molar-refractivity contribution in [1.82, 2.24) is 0 Å². The minimum atomic E-state index is 1.15. The van der Waals surface area contributed by atoms with Crippen LogP contribution in [0.1, 0.15) is 38.5 Å². The molecule has 0 radical (unpaired) electrons. The SMILES string of the molecule is c1ccc2c(N3CCCCC3)ccc(-c3c4ccccc4c4c5ccc(N6CCCCC6)c6cccc(c7cccc3c74)c65)c2c1. The Bertz CT molecular complexity index is 2440. The number of anilines is 2. The summed E-state index contributed by atoms with van der Waals surface area (Å²) in [5.41, 5.74) is 5.48. The number of benzene rings is 8. The van der Waals surface area contributed by atoms with Gasteiger partial charge in [-0.1, -0.05) is 97.1 Å². The molecule has 8 aromatic carbocycles. The first-order valence-corrected chi connectivity index (χ1v) is 17.4. The zero-order chi connectivity index (χ0) is 30.2. The monoisotopic (exact) mass is 594 g/mol. The summed E-state index contributed by atoms with van der Waals surface area (Å²) in [7, 11) is 0. The second-order valence-corrected chi connectivity index (χ2v) is 13.7. The molecule has 0 N–H and O–H groups in total. The molecule has 2 nitrogen and oxygen atoms in total. The highest BCUT2D eigenvalue weighted by molar-refractivity contribution is 6.41. The standard InChI is InChI=1S/C44H38N2/c1-7-25-45(26-8-1)39-23-21-35(29-13-3-4-14-30(29)39)41-31-15-5-6-16-33(31)44-38-22-24-40(46-27-9-2-10-28-46)36-19-11-17-32(42(36)38)34-18-12-20-37(41)43(34)44/h3-6,11-24H,1-2,7-10,25-28H2. The molecule has 2 aliphatic rings. The topological polar surface area (TPSA) is 6.48 Å². The van der Waals surface area contributed by atoms with Gasteiger partial charge in [0.15, 0.2) is 0 Å². The van der Waals surface area contributed by atoms with Crippen molar-refractivity contribution < 1.29 is 0 Å². The van der Waals surface area contributed by atoms with E-state index in [4.69, 9.17) is 0 Å². The fourth-order valence-corrected chi connectivity index (χ4v) is 9.17. The molecule has 0 atom stereocenters. The van der Waals surface area contributed by atoms with E-state index in [0.29, 0.717) is 0 Å². The van der Waals surface area contributed by atoms with Crippen molar-refractivity contribution in [3.05, 3.63) is 109 Å². The quantitative estimate of drug-likeness (QED) is 0.148. The highest BCUT2D eigenvalue weighted by atomic mass is 15.1. The summed E-state index contributed by atoms with van der Waals surface area (Å²) in [4.78, 5) is 5.24. The van der Waals surface area contributed by atoms with Gasteiger partial charge in [0.25, 0.3) is 0 Å². The van der Waals surface area contributed by atoms with Crippen LogP contribution in [0.4, 0.5) is 11.4 Å². The van der Waals surface area contributed by atoms with Crippen molar-refractivity contribution in [3.63, 3.8) is 0 Å². The minimum Gasteiger partial charge on any atom is -0.371 e. The van der Waals surface area contributed by atoms with Gasteiger partial charge in [-0.05, 0) is 116 Å². The van der Waals surface area contributed by atoms with Crippen LogP contribution in [0.3, 0.4) is 0 Å². The van der Waals surface area contributed by atoms with Gasteiger partial charge in [-0.15, -0.1) is 0 Å². The third kappa shape index (κ3) is 3.76. The van der Waals surface area contributed by atoms with Crippen molar-refractivity contribution in [2.45, 2.75) is 38.5 Å². The highest BCUT2D eigenvalue weighted by Gasteiger charge is 2.23. The van der Waals surface area contributed by atoms with Crippen molar-refractivity contribution in [1.29, 1.82) is 0 Å². The van der Waals surface area contributed by atoms with E-state index in [1.165, 1.54) is 126 Å². The lowest BCUT2D eigenvalue weighted by Crippen LogP contribution is -2.29. The van der Waals surface area contributed by atoms with Crippen LogP contribution >= 0.6 is 0 Å². The van der Waals surface area contributed by atoms with Gasteiger partial charge in [-0.3, -0.25) is 0 Å². The molecule has 2 fully saturated rings. The van der Waals surface area contributed by atoms with Gasteiger partial charge in [0.1, 0.15) is 0 Å². The second-order valence-electron chi connectivity index (χ2n) is 13.7. The normalized spacial score (nSPS) is 16.2. The molecule has 0 aromatic heterocycles. The maximum absolute atomic E-state index is 2.63. The minimum absolute atomic E-state index is 1.15. The first-order valence-electron chi connectivity index (χ1n) is 17.4. The molecule has 0 bridgehead atoms. The maximum atomic E-state index is 2.63. The van der Waals surface area contributed by atoms with Crippen molar-refractivity contribution in [2.24, 2.45) is 0 Å². The van der Waals surface area contributed by atoms with E-state index in [-0.39, 0.29) is 0 Å². The van der Waals surface area contributed by atoms with Crippen LogP contribution in [0.5, 0.6) is 0 Å². The van der Waals surface area contributed by atoms with Gasteiger partial charge in [0, 0.05) is 48.3 Å². The van der Waals surface area contributed by atoms with Crippen LogP contribution in [0.25, 0.3) is 75.8 Å². The Labute approximate surface area is 270 Å². The van der Waals surface area contributed by atoms with Crippen LogP contribution in [0.2, 0.25) is 0 Å². The molecular formula is C44H38N2. The smallest absolute Gasteiger partial charge is 0.0446 e. The van der Waals surface area contributed by atoms with Crippen molar-refractivity contribution in [3.8, 4) is 11.1 Å². The molecular weight excluding hydrogens is 556 g/mol. The van der Waals surface area contributed by atoms with Crippen LogP contribution in [0, 0.1) is 0 Å². The summed E-state index contributed by atoms with van der Waals surface area (Å²) in [6.07, 6.45) is 7.82. The summed E-state index contributed by atoms with van der Waals surface area (Å²) >= 11 is 0. The first kappa shape index (κ1) is 26.4. The Kier molecular flexibility index (Phi) is 5.94. The molecule has 2 aliphatic heterocycles. The van der Waals surface area contributed by atoms with Gasteiger partial charge in [0.05, 0.1) is 0 Å². The highest BCUT2D eigenvalue weighted by Crippen LogP contribution is 2.50. The van der Waals surface area contributed by atoms with E-state index in [9.17, 15) is 0 Å². The maximum Gasteiger partial charge on any atom is 0.0446 e. The van der Waals surface area contributed by atoms with Crippen LogP contribution in [-0.2, 0) is 0 Å². The van der Waals surface area contributed by atoms with E-state index in [2.05, 4.69) is 119 Å². The number of hydrogen-bond donors (Lipinski definition) is 0. The lowest BCUT2D eigenvalue weighted by Gasteiger charge is -2.31. The molecule has 0 saturated carbocycles. The van der Waals surface area contributed by atoms with Crippen molar-refractivity contribution in [2.75, 3.05) is 36.0 Å². The number of rotatable bonds is 3. The van der Waals surface area contributed by atoms with Crippen molar-refractivity contribution >= 4 is 76.0 Å². The Morgan fingerprint density at radius 2 is 0.783 bits per heavy atom.